The molecule has 1 saturated carbocycles. The van der Waals surface area contributed by atoms with Gasteiger partial charge in [0.25, 0.3) is 17.5 Å². The highest BCUT2D eigenvalue weighted by Gasteiger charge is 2.33. The molecule has 0 bridgehead atoms. The van der Waals surface area contributed by atoms with Crippen LogP contribution in [-0.2, 0) is 0 Å². The molecule has 1 saturated heterocycles. The summed E-state index contributed by atoms with van der Waals surface area (Å²) < 4.78 is 16.0. The zero-order chi connectivity index (χ0) is 23.9. The molecule has 1 aliphatic heterocycles. The molecule has 2 aliphatic rings. The summed E-state index contributed by atoms with van der Waals surface area (Å²) in [6.07, 6.45) is 1.80. The number of benzene rings is 2. The molecule has 0 unspecified atom stereocenters. The number of carbonyl (C=O) groups is 2. The monoisotopic (exact) mass is 455 g/mol. The molecular weight excluding hydrogens is 429 g/mol. The first-order valence-electron chi connectivity index (χ1n) is 10.8. The van der Waals surface area contributed by atoms with Crippen LogP contribution in [0.4, 0.5) is 15.8 Å². The van der Waals surface area contributed by atoms with Crippen LogP contribution in [0.25, 0.3) is 11.1 Å². The van der Waals surface area contributed by atoms with Crippen LogP contribution in [0.5, 0.6) is 0 Å². The van der Waals surface area contributed by atoms with E-state index in [4.69, 9.17) is 5.73 Å². The van der Waals surface area contributed by atoms with Gasteiger partial charge in [0.2, 0.25) is 0 Å². The third-order valence-electron chi connectivity index (χ3n) is 6.19. The number of amides is 2. The zero-order valence-corrected chi connectivity index (χ0v) is 18.6. The molecule has 0 atom stereocenters. The summed E-state index contributed by atoms with van der Waals surface area (Å²) in [7, 11) is 1.95. The van der Waals surface area contributed by atoms with Gasteiger partial charge in [0.05, 0.1) is 16.2 Å². The Morgan fingerprint density at radius 3 is 2.42 bits per heavy atom. The highest BCUT2D eigenvalue weighted by Crippen LogP contribution is 2.42. The van der Waals surface area contributed by atoms with Crippen molar-refractivity contribution >= 4 is 23.2 Å². The summed E-state index contributed by atoms with van der Waals surface area (Å²) in [5.74, 6) is -2.15. The molecule has 174 valence electrons. The lowest BCUT2D eigenvalue weighted by Gasteiger charge is -2.34. The Kier molecular flexibility index (Phi) is 6.03. The number of aryl methyl sites for hydroxylation is 1. The molecule has 0 spiro atoms. The number of nitro groups is 1. The van der Waals surface area contributed by atoms with E-state index < -0.39 is 22.3 Å². The molecule has 2 amide bonds. The predicted molar refractivity (Wildman–Crippen MR) is 122 cm³/mol. The van der Waals surface area contributed by atoms with Gasteiger partial charge < -0.3 is 20.9 Å². The summed E-state index contributed by atoms with van der Waals surface area (Å²) in [6.45, 7) is 4.01. The van der Waals surface area contributed by atoms with Crippen LogP contribution in [-0.4, -0.2) is 60.9 Å². The van der Waals surface area contributed by atoms with Gasteiger partial charge in [-0.1, -0.05) is 6.07 Å². The number of rotatable bonds is 6. The van der Waals surface area contributed by atoms with E-state index >= 15 is 4.39 Å². The number of nitrogens with zero attached hydrogens (tertiary/aromatic N) is 3. The molecule has 10 heteroatoms. The number of nitro benzene ring substituents is 1. The predicted octanol–water partition coefficient (Wildman–Crippen LogP) is 2.45. The van der Waals surface area contributed by atoms with Crippen molar-refractivity contribution in [2.45, 2.75) is 25.8 Å². The fourth-order valence-corrected chi connectivity index (χ4v) is 4.06. The van der Waals surface area contributed by atoms with Crippen LogP contribution in [0.15, 0.2) is 24.3 Å². The summed E-state index contributed by atoms with van der Waals surface area (Å²) in [6, 6.07) is 5.95. The second-order valence-electron chi connectivity index (χ2n) is 8.67. The summed E-state index contributed by atoms with van der Waals surface area (Å²) in [5, 5.41) is 14.9. The standard InChI is InChI=1S/C23H26FN5O4/c1-13-3-4-14(23(31)26-15-5-6-15)11-16(13)19-20(24)18(28-9-7-27(2)8-10-28)12-17(22(25)30)21(19)29(32)33/h3-4,11-12,15H,5-10H2,1-2H3,(H2,25,30)(H,26,31). The average Bonchev–Trinajstić information content (AvgIpc) is 3.58. The van der Waals surface area contributed by atoms with Gasteiger partial charge in [0.1, 0.15) is 5.56 Å². The van der Waals surface area contributed by atoms with Crippen molar-refractivity contribution in [2.75, 3.05) is 38.1 Å². The molecule has 0 aromatic heterocycles. The second kappa shape index (κ2) is 8.78. The molecule has 9 nitrogen and oxygen atoms in total. The maximum Gasteiger partial charge on any atom is 0.293 e. The van der Waals surface area contributed by atoms with Crippen molar-refractivity contribution in [3.8, 4) is 11.1 Å². The van der Waals surface area contributed by atoms with Crippen molar-refractivity contribution < 1.29 is 18.9 Å². The Labute approximate surface area is 190 Å². The summed E-state index contributed by atoms with van der Waals surface area (Å²) in [4.78, 5) is 39.9. The molecule has 3 N–H and O–H groups in total. The van der Waals surface area contributed by atoms with Crippen LogP contribution >= 0.6 is 0 Å². The van der Waals surface area contributed by atoms with Crippen LogP contribution in [0, 0.1) is 22.9 Å². The average molecular weight is 455 g/mol. The molecule has 4 rings (SSSR count). The first kappa shape index (κ1) is 22.7. The highest BCUT2D eigenvalue weighted by atomic mass is 19.1. The van der Waals surface area contributed by atoms with Crippen LogP contribution in [0.2, 0.25) is 0 Å². The minimum Gasteiger partial charge on any atom is -0.367 e. The Bertz CT molecular complexity index is 1140. The molecule has 33 heavy (non-hydrogen) atoms. The smallest absolute Gasteiger partial charge is 0.293 e. The lowest BCUT2D eigenvalue weighted by atomic mass is 9.92. The Morgan fingerprint density at radius 1 is 1.18 bits per heavy atom. The minimum atomic E-state index is -1.02. The maximum absolute atomic E-state index is 16.0. The van der Waals surface area contributed by atoms with Gasteiger partial charge in [-0.05, 0) is 56.1 Å². The third kappa shape index (κ3) is 4.51. The number of nitrogens with one attached hydrogen (secondary N) is 1. The molecule has 0 radical (unpaired) electrons. The van der Waals surface area contributed by atoms with Crippen molar-refractivity contribution in [1.29, 1.82) is 0 Å². The number of hydrogen-bond acceptors (Lipinski definition) is 6. The minimum absolute atomic E-state index is 0.0877. The molecule has 2 fully saturated rings. The number of carbonyl (C=O) groups excluding carboxylic acids is 2. The van der Waals surface area contributed by atoms with Crippen molar-refractivity contribution in [1.82, 2.24) is 10.2 Å². The molecular formula is C23H26FN5O4. The lowest BCUT2D eigenvalue weighted by Crippen LogP contribution is -2.45. The van der Waals surface area contributed by atoms with Gasteiger partial charge in [-0.25, -0.2) is 4.39 Å². The van der Waals surface area contributed by atoms with Gasteiger partial charge in [-0.3, -0.25) is 19.7 Å². The lowest BCUT2D eigenvalue weighted by molar-refractivity contribution is -0.384. The van der Waals surface area contributed by atoms with Crippen LogP contribution in [0.1, 0.15) is 39.1 Å². The molecule has 1 heterocycles. The SMILES string of the molecule is Cc1ccc(C(=O)NC2CC2)cc1-c1c(F)c(N2CCN(C)CC2)cc(C(N)=O)c1[N+](=O)[O-]. The van der Waals surface area contributed by atoms with E-state index in [1.807, 2.05) is 7.05 Å². The number of primary amides is 1. The topological polar surface area (TPSA) is 122 Å². The number of piperazine rings is 1. The number of nitrogens with two attached hydrogens (primary N) is 1. The van der Waals surface area contributed by atoms with Crippen LogP contribution < -0.4 is 16.0 Å². The normalized spacial score (nSPS) is 16.5. The van der Waals surface area contributed by atoms with E-state index in [2.05, 4.69) is 10.2 Å². The van der Waals surface area contributed by atoms with Gasteiger partial charge in [-0.15, -0.1) is 0 Å². The van der Waals surface area contributed by atoms with E-state index in [1.54, 1.807) is 24.0 Å². The number of halogens is 1. The second-order valence-corrected chi connectivity index (χ2v) is 8.67. The Balaban J connectivity index is 1.91. The zero-order valence-electron chi connectivity index (χ0n) is 18.6. The van der Waals surface area contributed by atoms with Gasteiger partial charge in [0, 0.05) is 37.8 Å². The fraction of sp³-hybridized carbons (Fsp3) is 0.391. The number of anilines is 1. The van der Waals surface area contributed by atoms with E-state index in [0.717, 1.165) is 12.8 Å². The van der Waals surface area contributed by atoms with Gasteiger partial charge in [-0.2, -0.15) is 0 Å². The van der Waals surface area contributed by atoms with Gasteiger partial charge in [0.15, 0.2) is 5.82 Å². The Hall–Kier alpha value is -3.53. The quantitative estimate of drug-likeness (QED) is 0.510. The summed E-state index contributed by atoms with van der Waals surface area (Å²) >= 11 is 0. The highest BCUT2D eigenvalue weighted by molar-refractivity contribution is 6.03. The fourth-order valence-electron chi connectivity index (χ4n) is 4.06. The van der Waals surface area contributed by atoms with E-state index in [-0.39, 0.29) is 39.9 Å². The van der Waals surface area contributed by atoms with E-state index in [0.29, 0.717) is 31.7 Å². The Morgan fingerprint density at radius 2 is 1.85 bits per heavy atom. The van der Waals surface area contributed by atoms with Crippen molar-refractivity contribution in [3.05, 3.63) is 56.9 Å². The molecule has 2 aromatic rings. The first-order valence-corrected chi connectivity index (χ1v) is 10.8. The molecule has 1 aliphatic carbocycles. The first-order chi connectivity index (χ1) is 15.7. The molecule has 2 aromatic carbocycles. The van der Waals surface area contributed by atoms with Gasteiger partial charge >= 0.3 is 0 Å². The van der Waals surface area contributed by atoms with Crippen molar-refractivity contribution in [2.24, 2.45) is 5.73 Å². The number of likely N-dealkylation sites (N-methyl/N-ethyl adjacent to an activating group) is 1. The van der Waals surface area contributed by atoms with E-state index in [1.165, 1.54) is 12.1 Å². The maximum atomic E-state index is 16.0. The third-order valence-corrected chi connectivity index (χ3v) is 6.19. The number of hydrogen-bond donors (Lipinski definition) is 2. The van der Waals surface area contributed by atoms with E-state index in [9.17, 15) is 19.7 Å². The van der Waals surface area contributed by atoms with Crippen molar-refractivity contribution in [3.63, 3.8) is 0 Å². The van der Waals surface area contributed by atoms with Crippen LogP contribution in [0.3, 0.4) is 0 Å². The summed E-state index contributed by atoms with van der Waals surface area (Å²) in [5.41, 5.74) is 5.17. The largest absolute Gasteiger partial charge is 0.367 e.